The Bertz CT molecular complexity index is 224. The number of unbranched alkanes of at least 4 members (excludes halogenated alkanes) is 12. The van der Waals surface area contributed by atoms with E-state index in [1.807, 2.05) is 0 Å². The van der Waals surface area contributed by atoms with Crippen LogP contribution in [0.4, 0.5) is 0 Å². The van der Waals surface area contributed by atoms with Crippen LogP contribution < -0.4 is 0 Å². The first kappa shape index (κ1) is 20.5. The van der Waals surface area contributed by atoms with Gasteiger partial charge in [0.2, 0.25) is 0 Å². The molecular weight excluding hydrogens is 252 g/mol. The maximum atomic E-state index is 2.45. The molecule has 0 aromatic rings. The molecule has 0 unspecified atom stereocenters. The molecule has 0 rings (SSSR count). The summed E-state index contributed by atoms with van der Waals surface area (Å²) in [5.74, 6) is 0. The lowest BCUT2D eigenvalue weighted by molar-refractivity contribution is 0.637. The molecule has 21 heavy (non-hydrogen) atoms. The molecule has 0 saturated heterocycles. The summed E-state index contributed by atoms with van der Waals surface area (Å²) in [6.07, 6.45) is 30.5. The van der Waals surface area contributed by atoms with Crippen LogP contribution >= 0.6 is 0 Å². The van der Waals surface area contributed by atoms with Gasteiger partial charge in [0.25, 0.3) is 0 Å². The predicted molar refractivity (Wildman–Crippen MR) is 98.6 cm³/mol. The van der Waals surface area contributed by atoms with Gasteiger partial charge in [-0.3, -0.25) is 0 Å². The van der Waals surface area contributed by atoms with Gasteiger partial charge < -0.3 is 0 Å². The Hall–Kier alpha value is -0.520. The first-order chi connectivity index (χ1) is 10.4. The van der Waals surface area contributed by atoms with Crippen molar-refractivity contribution in [2.45, 2.75) is 104 Å². The summed E-state index contributed by atoms with van der Waals surface area (Å²) in [4.78, 5) is 0. The standard InChI is InChI=1S/C21H39/c1-3-5-7-9-11-13-15-17-19-21-20-18-16-14-12-10-8-6-4-2/h11,13,16,18-19H,3-10,12,14-15,17,20-21H2,1-2H3. The summed E-state index contributed by atoms with van der Waals surface area (Å²) >= 11 is 0. The Morgan fingerprint density at radius 1 is 0.429 bits per heavy atom. The molecule has 0 saturated carbocycles. The first-order valence-corrected chi connectivity index (χ1v) is 9.53. The van der Waals surface area contributed by atoms with Crippen molar-refractivity contribution in [3.8, 4) is 0 Å². The third kappa shape index (κ3) is 19.5. The Morgan fingerprint density at radius 3 is 1.43 bits per heavy atom. The number of hydrogen-bond acceptors (Lipinski definition) is 0. The number of rotatable bonds is 16. The Labute approximate surface area is 135 Å². The zero-order valence-electron chi connectivity index (χ0n) is 14.8. The Balaban J connectivity index is 3.10. The van der Waals surface area contributed by atoms with Crippen LogP contribution in [0.3, 0.4) is 0 Å². The molecule has 0 nitrogen and oxygen atoms in total. The highest BCUT2D eigenvalue weighted by atomic mass is 13.9. The fraction of sp³-hybridized carbons (Fsp3) is 0.762. The summed E-state index contributed by atoms with van der Waals surface area (Å²) < 4.78 is 0. The fourth-order valence-corrected chi connectivity index (χ4v) is 2.42. The predicted octanol–water partition coefficient (Wildman–Crippen LogP) is 7.80. The van der Waals surface area contributed by atoms with Crippen molar-refractivity contribution in [2.24, 2.45) is 0 Å². The molecule has 0 N–H and O–H groups in total. The van der Waals surface area contributed by atoms with Crippen LogP contribution in [0, 0.1) is 6.42 Å². The molecule has 0 aromatic heterocycles. The van der Waals surface area contributed by atoms with Gasteiger partial charge in [-0.2, -0.15) is 0 Å². The highest BCUT2D eigenvalue weighted by molar-refractivity contribution is 4.86. The minimum absolute atomic E-state index is 1.23. The van der Waals surface area contributed by atoms with Gasteiger partial charge in [0, 0.05) is 0 Å². The third-order valence-corrected chi connectivity index (χ3v) is 3.86. The summed E-state index contributed by atoms with van der Waals surface area (Å²) in [5.41, 5.74) is 0. The summed E-state index contributed by atoms with van der Waals surface area (Å²) in [5, 5.41) is 0. The van der Waals surface area contributed by atoms with Gasteiger partial charge in [0.05, 0.1) is 0 Å². The molecule has 0 spiro atoms. The minimum Gasteiger partial charge on any atom is -0.0885 e. The molecule has 0 aromatic carbocycles. The SMILES string of the molecule is CCCCCC=CCC[CH]CCC=CCCCCCCC. The van der Waals surface area contributed by atoms with Crippen molar-refractivity contribution in [1.29, 1.82) is 0 Å². The first-order valence-electron chi connectivity index (χ1n) is 9.53. The van der Waals surface area contributed by atoms with E-state index in [2.05, 4.69) is 44.6 Å². The van der Waals surface area contributed by atoms with Gasteiger partial charge >= 0.3 is 0 Å². The van der Waals surface area contributed by atoms with Gasteiger partial charge in [-0.05, 0) is 57.8 Å². The van der Waals surface area contributed by atoms with E-state index in [-0.39, 0.29) is 0 Å². The molecule has 0 heteroatoms. The van der Waals surface area contributed by atoms with Crippen LogP contribution in [0.1, 0.15) is 104 Å². The number of allylic oxidation sites excluding steroid dienone is 4. The molecule has 0 amide bonds. The van der Waals surface area contributed by atoms with Gasteiger partial charge in [-0.25, -0.2) is 0 Å². The third-order valence-electron chi connectivity index (χ3n) is 3.86. The van der Waals surface area contributed by atoms with Crippen LogP contribution in [0.5, 0.6) is 0 Å². The lowest BCUT2D eigenvalue weighted by atomic mass is 10.1. The quantitative estimate of drug-likeness (QED) is 0.201. The molecule has 0 aliphatic heterocycles. The van der Waals surface area contributed by atoms with Crippen LogP contribution in [-0.4, -0.2) is 0 Å². The van der Waals surface area contributed by atoms with Crippen molar-refractivity contribution in [3.05, 3.63) is 30.7 Å². The molecule has 0 heterocycles. The molecule has 0 aliphatic rings. The molecule has 123 valence electrons. The largest absolute Gasteiger partial charge is 0.0885 e. The van der Waals surface area contributed by atoms with E-state index in [1.54, 1.807) is 0 Å². The molecule has 0 aliphatic carbocycles. The summed E-state index contributed by atoms with van der Waals surface area (Å²) in [6.45, 7) is 4.54. The second-order valence-electron chi connectivity index (χ2n) is 6.08. The maximum absolute atomic E-state index is 2.45. The highest BCUT2D eigenvalue weighted by Gasteiger charge is 1.88. The normalized spacial score (nSPS) is 11.9. The molecule has 1 radical (unpaired) electrons. The van der Waals surface area contributed by atoms with Gasteiger partial charge in [-0.15, -0.1) is 0 Å². The topological polar surface area (TPSA) is 0 Å². The Morgan fingerprint density at radius 2 is 0.857 bits per heavy atom. The van der Waals surface area contributed by atoms with Crippen molar-refractivity contribution in [3.63, 3.8) is 0 Å². The lowest BCUT2D eigenvalue weighted by Crippen LogP contribution is -1.78. The van der Waals surface area contributed by atoms with Crippen molar-refractivity contribution < 1.29 is 0 Å². The highest BCUT2D eigenvalue weighted by Crippen LogP contribution is 2.07. The Kier molecular flexibility index (Phi) is 19.0. The lowest BCUT2D eigenvalue weighted by Gasteiger charge is -1.97. The van der Waals surface area contributed by atoms with Gasteiger partial charge in [0.1, 0.15) is 0 Å². The van der Waals surface area contributed by atoms with E-state index < -0.39 is 0 Å². The molecule has 0 fully saturated rings. The molecular formula is C21H39. The van der Waals surface area contributed by atoms with Crippen LogP contribution in [0.25, 0.3) is 0 Å². The van der Waals surface area contributed by atoms with E-state index in [0.717, 1.165) is 0 Å². The van der Waals surface area contributed by atoms with Crippen molar-refractivity contribution in [1.82, 2.24) is 0 Å². The average Bonchev–Trinajstić information content (AvgIpc) is 2.50. The van der Waals surface area contributed by atoms with Crippen molar-refractivity contribution >= 4 is 0 Å². The van der Waals surface area contributed by atoms with Crippen LogP contribution in [0.2, 0.25) is 0 Å². The molecule has 0 atom stereocenters. The van der Waals surface area contributed by atoms with E-state index in [1.165, 1.54) is 89.9 Å². The zero-order chi connectivity index (χ0) is 15.4. The second kappa shape index (κ2) is 19.5. The summed E-state index contributed by atoms with van der Waals surface area (Å²) in [7, 11) is 0. The van der Waals surface area contributed by atoms with Crippen LogP contribution in [-0.2, 0) is 0 Å². The summed E-state index contributed by atoms with van der Waals surface area (Å²) in [6, 6.07) is 0. The monoisotopic (exact) mass is 291 g/mol. The average molecular weight is 292 g/mol. The van der Waals surface area contributed by atoms with Gasteiger partial charge in [0.15, 0.2) is 0 Å². The molecule has 0 bridgehead atoms. The zero-order valence-corrected chi connectivity index (χ0v) is 14.8. The van der Waals surface area contributed by atoms with Crippen molar-refractivity contribution in [2.75, 3.05) is 0 Å². The smallest absolute Gasteiger partial charge is 0.0348 e. The van der Waals surface area contributed by atoms with E-state index in [4.69, 9.17) is 0 Å². The van der Waals surface area contributed by atoms with E-state index in [0.29, 0.717) is 0 Å². The van der Waals surface area contributed by atoms with Crippen LogP contribution in [0.15, 0.2) is 24.3 Å². The van der Waals surface area contributed by atoms with Gasteiger partial charge in [-0.1, -0.05) is 76.7 Å². The number of hydrogen-bond donors (Lipinski definition) is 0. The second-order valence-corrected chi connectivity index (χ2v) is 6.08. The fourth-order valence-electron chi connectivity index (χ4n) is 2.42. The minimum atomic E-state index is 1.23. The maximum Gasteiger partial charge on any atom is -0.0348 e. The van der Waals surface area contributed by atoms with E-state index >= 15 is 0 Å². The van der Waals surface area contributed by atoms with E-state index in [9.17, 15) is 0 Å².